The molecule has 0 aliphatic carbocycles. The van der Waals surface area contributed by atoms with E-state index in [0.717, 1.165) is 6.42 Å². The zero-order valence-electron chi connectivity index (χ0n) is 10.2. The SMILES string of the molecule is CC(C)CC1NCCS(=O)(=O)C1C(C)C. The highest BCUT2D eigenvalue weighted by atomic mass is 32.2. The molecule has 90 valence electrons. The van der Waals surface area contributed by atoms with Crippen molar-refractivity contribution in [2.45, 2.75) is 45.4 Å². The maximum atomic E-state index is 12.0. The van der Waals surface area contributed by atoms with Gasteiger partial charge in [0.05, 0.1) is 11.0 Å². The molecular weight excluding hydrogens is 210 g/mol. The fourth-order valence-corrected chi connectivity index (χ4v) is 4.71. The highest BCUT2D eigenvalue weighted by Gasteiger charge is 2.38. The molecule has 0 radical (unpaired) electrons. The van der Waals surface area contributed by atoms with Crippen molar-refractivity contribution in [2.75, 3.05) is 12.3 Å². The molecule has 3 nitrogen and oxygen atoms in total. The Balaban J connectivity index is 2.85. The van der Waals surface area contributed by atoms with Crippen molar-refractivity contribution in [1.29, 1.82) is 0 Å². The third-order valence-electron chi connectivity index (χ3n) is 2.99. The van der Waals surface area contributed by atoms with Gasteiger partial charge in [-0.05, 0) is 18.3 Å². The quantitative estimate of drug-likeness (QED) is 0.802. The summed E-state index contributed by atoms with van der Waals surface area (Å²) < 4.78 is 24.0. The van der Waals surface area contributed by atoms with E-state index in [0.29, 0.717) is 18.2 Å². The lowest BCUT2D eigenvalue weighted by atomic mass is 9.95. The molecule has 1 N–H and O–H groups in total. The first-order valence-corrected chi connectivity index (χ1v) is 7.51. The molecule has 2 atom stereocenters. The van der Waals surface area contributed by atoms with Gasteiger partial charge in [-0.1, -0.05) is 27.7 Å². The Morgan fingerprint density at radius 3 is 2.33 bits per heavy atom. The monoisotopic (exact) mass is 233 g/mol. The molecule has 1 saturated heterocycles. The standard InChI is InChI=1S/C11H23NO2S/c1-8(2)7-10-11(9(3)4)15(13,14)6-5-12-10/h8-12H,5-7H2,1-4H3. The molecule has 1 aliphatic heterocycles. The average Bonchev–Trinajstić information content (AvgIpc) is 1.99. The number of rotatable bonds is 3. The van der Waals surface area contributed by atoms with Crippen molar-refractivity contribution < 1.29 is 8.42 Å². The maximum Gasteiger partial charge on any atom is 0.156 e. The van der Waals surface area contributed by atoms with Crippen molar-refractivity contribution >= 4 is 9.84 Å². The van der Waals surface area contributed by atoms with Crippen LogP contribution in [0.15, 0.2) is 0 Å². The van der Waals surface area contributed by atoms with Crippen molar-refractivity contribution in [3.8, 4) is 0 Å². The summed E-state index contributed by atoms with van der Waals surface area (Å²) in [4.78, 5) is 0. The van der Waals surface area contributed by atoms with Gasteiger partial charge in [-0.25, -0.2) is 8.42 Å². The molecular formula is C11H23NO2S. The number of hydrogen-bond donors (Lipinski definition) is 1. The summed E-state index contributed by atoms with van der Waals surface area (Å²) in [5.74, 6) is 1.04. The summed E-state index contributed by atoms with van der Waals surface area (Å²) in [5, 5.41) is 3.16. The van der Waals surface area contributed by atoms with Crippen LogP contribution in [0.5, 0.6) is 0 Å². The van der Waals surface area contributed by atoms with Crippen molar-refractivity contribution in [1.82, 2.24) is 5.32 Å². The third kappa shape index (κ3) is 3.18. The fourth-order valence-electron chi connectivity index (χ4n) is 2.49. The lowest BCUT2D eigenvalue weighted by Crippen LogP contribution is -2.54. The number of hydrogen-bond acceptors (Lipinski definition) is 3. The van der Waals surface area contributed by atoms with E-state index in [9.17, 15) is 8.42 Å². The van der Waals surface area contributed by atoms with Crippen LogP contribution in [0.25, 0.3) is 0 Å². The highest BCUT2D eigenvalue weighted by Crippen LogP contribution is 2.24. The molecule has 0 saturated carbocycles. The Bertz CT molecular complexity index is 296. The van der Waals surface area contributed by atoms with E-state index in [1.54, 1.807) is 0 Å². The fraction of sp³-hybridized carbons (Fsp3) is 1.00. The summed E-state index contributed by atoms with van der Waals surface area (Å²) in [6, 6.07) is 0.142. The van der Waals surface area contributed by atoms with Crippen LogP contribution in [-0.2, 0) is 9.84 Å². The van der Waals surface area contributed by atoms with Gasteiger partial charge < -0.3 is 5.32 Å². The van der Waals surface area contributed by atoms with Gasteiger partial charge in [0.1, 0.15) is 0 Å². The van der Waals surface area contributed by atoms with Gasteiger partial charge in [-0.3, -0.25) is 0 Å². The van der Waals surface area contributed by atoms with E-state index in [2.05, 4.69) is 19.2 Å². The molecule has 1 heterocycles. The Morgan fingerprint density at radius 2 is 1.87 bits per heavy atom. The molecule has 1 aliphatic rings. The molecule has 0 aromatic rings. The largest absolute Gasteiger partial charge is 0.312 e. The molecule has 1 fully saturated rings. The van der Waals surface area contributed by atoms with Gasteiger partial charge in [0, 0.05) is 12.6 Å². The summed E-state index contributed by atoms with van der Waals surface area (Å²) in [6.45, 7) is 8.90. The van der Waals surface area contributed by atoms with Gasteiger partial charge in [0.2, 0.25) is 0 Å². The maximum absolute atomic E-state index is 12.0. The third-order valence-corrected chi connectivity index (χ3v) is 5.46. The lowest BCUT2D eigenvalue weighted by molar-refractivity contribution is 0.350. The van der Waals surface area contributed by atoms with Crippen LogP contribution >= 0.6 is 0 Å². The van der Waals surface area contributed by atoms with Crippen LogP contribution in [0.2, 0.25) is 0 Å². The summed E-state index contributed by atoms with van der Waals surface area (Å²) in [5.41, 5.74) is 0. The second kappa shape index (κ2) is 4.83. The molecule has 2 unspecified atom stereocenters. The number of nitrogens with one attached hydrogen (secondary N) is 1. The smallest absolute Gasteiger partial charge is 0.156 e. The molecule has 0 amide bonds. The summed E-state index contributed by atoms with van der Waals surface area (Å²) in [7, 11) is -2.88. The first-order valence-electron chi connectivity index (χ1n) is 5.79. The van der Waals surface area contributed by atoms with Crippen LogP contribution in [0.4, 0.5) is 0 Å². The van der Waals surface area contributed by atoms with E-state index < -0.39 is 9.84 Å². The van der Waals surface area contributed by atoms with E-state index in [-0.39, 0.29) is 17.2 Å². The van der Waals surface area contributed by atoms with Gasteiger partial charge in [-0.15, -0.1) is 0 Å². The van der Waals surface area contributed by atoms with Gasteiger partial charge >= 0.3 is 0 Å². The van der Waals surface area contributed by atoms with Crippen molar-refractivity contribution in [3.63, 3.8) is 0 Å². The molecule has 1 rings (SSSR count). The topological polar surface area (TPSA) is 46.2 Å². The van der Waals surface area contributed by atoms with Gasteiger partial charge in [0.25, 0.3) is 0 Å². The minimum Gasteiger partial charge on any atom is -0.312 e. The second-order valence-electron chi connectivity index (χ2n) is 5.27. The zero-order valence-corrected chi connectivity index (χ0v) is 11.0. The second-order valence-corrected chi connectivity index (χ2v) is 7.54. The highest BCUT2D eigenvalue weighted by molar-refractivity contribution is 7.92. The minimum absolute atomic E-state index is 0.142. The molecule has 15 heavy (non-hydrogen) atoms. The lowest BCUT2D eigenvalue weighted by Gasteiger charge is -2.35. The minimum atomic E-state index is -2.88. The molecule has 4 heteroatoms. The molecule has 0 aromatic carbocycles. The van der Waals surface area contributed by atoms with E-state index in [1.807, 2.05) is 13.8 Å². The summed E-state index contributed by atoms with van der Waals surface area (Å²) in [6.07, 6.45) is 0.947. The first kappa shape index (κ1) is 13.0. The van der Waals surface area contributed by atoms with Crippen LogP contribution in [-0.4, -0.2) is 32.0 Å². The Hall–Kier alpha value is -0.0900. The van der Waals surface area contributed by atoms with E-state index >= 15 is 0 Å². The van der Waals surface area contributed by atoms with Gasteiger partial charge in [-0.2, -0.15) is 0 Å². The molecule has 0 bridgehead atoms. The average molecular weight is 233 g/mol. The Morgan fingerprint density at radius 1 is 1.27 bits per heavy atom. The van der Waals surface area contributed by atoms with Crippen molar-refractivity contribution in [3.05, 3.63) is 0 Å². The van der Waals surface area contributed by atoms with E-state index in [4.69, 9.17) is 0 Å². The van der Waals surface area contributed by atoms with Crippen LogP contribution in [0, 0.1) is 11.8 Å². The predicted octanol–water partition coefficient (Wildman–Crippen LogP) is 1.44. The first-order chi connectivity index (χ1) is 6.84. The van der Waals surface area contributed by atoms with E-state index in [1.165, 1.54) is 0 Å². The van der Waals surface area contributed by atoms with Gasteiger partial charge in [0.15, 0.2) is 9.84 Å². The zero-order chi connectivity index (χ0) is 11.6. The Labute approximate surface area is 93.6 Å². The Kier molecular flexibility index (Phi) is 4.18. The van der Waals surface area contributed by atoms with Crippen molar-refractivity contribution in [2.24, 2.45) is 11.8 Å². The predicted molar refractivity (Wildman–Crippen MR) is 63.7 cm³/mol. The number of sulfone groups is 1. The molecule has 0 aromatic heterocycles. The molecule has 0 spiro atoms. The normalized spacial score (nSPS) is 31.1. The van der Waals surface area contributed by atoms with Crippen LogP contribution in [0.1, 0.15) is 34.1 Å². The van der Waals surface area contributed by atoms with Crippen LogP contribution in [0.3, 0.4) is 0 Å². The van der Waals surface area contributed by atoms with Crippen LogP contribution < -0.4 is 5.32 Å². The summed E-state index contributed by atoms with van der Waals surface area (Å²) >= 11 is 0.